The first-order valence-corrected chi connectivity index (χ1v) is 4.95. The molecule has 92 valence electrons. The van der Waals surface area contributed by atoms with E-state index >= 15 is 0 Å². The Kier molecular flexibility index (Phi) is 4.14. The summed E-state index contributed by atoms with van der Waals surface area (Å²) in [5, 5.41) is 10.8. The summed E-state index contributed by atoms with van der Waals surface area (Å²) >= 11 is 0. The number of aliphatic carboxylic acids is 1. The van der Waals surface area contributed by atoms with E-state index in [2.05, 4.69) is 5.32 Å². The van der Waals surface area contributed by atoms with Crippen molar-refractivity contribution in [2.75, 3.05) is 0 Å². The molecule has 17 heavy (non-hydrogen) atoms. The average molecular weight is 243 g/mol. The zero-order valence-electron chi connectivity index (χ0n) is 9.04. The molecule has 2 N–H and O–H groups in total. The fraction of sp³-hybridized carbons (Fsp3) is 0.273. The minimum Gasteiger partial charge on any atom is -0.480 e. The largest absolute Gasteiger partial charge is 0.480 e. The van der Waals surface area contributed by atoms with E-state index < -0.39 is 35.1 Å². The first-order chi connectivity index (χ1) is 7.97. The molecule has 0 saturated heterocycles. The number of hydrogen-bond donors (Lipinski definition) is 2. The lowest BCUT2D eigenvalue weighted by Crippen LogP contribution is -2.40. The maximum absolute atomic E-state index is 13.2. The van der Waals surface area contributed by atoms with Gasteiger partial charge in [0.05, 0.1) is 5.56 Å². The van der Waals surface area contributed by atoms with Crippen molar-refractivity contribution in [3.8, 4) is 0 Å². The maximum Gasteiger partial charge on any atom is 0.326 e. The quantitative estimate of drug-likeness (QED) is 0.843. The van der Waals surface area contributed by atoms with Crippen LogP contribution in [0.25, 0.3) is 0 Å². The Morgan fingerprint density at radius 3 is 2.59 bits per heavy atom. The van der Waals surface area contributed by atoms with E-state index in [9.17, 15) is 18.4 Å². The summed E-state index contributed by atoms with van der Waals surface area (Å²) in [5.74, 6) is -4.61. The number of rotatable bonds is 4. The number of carbonyl (C=O) groups excluding carboxylic acids is 1. The van der Waals surface area contributed by atoms with Crippen LogP contribution >= 0.6 is 0 Å². The number of amides is 1. The second-order valence-electron chi connectivity index (χ2n) is 3.37. The Labute approximate surface area is 96.3 Å². The highest BCUT2D eigenvalue weighted by molar-refractivity contribution is 5.96. The number of carbonyl (C=O) groups is 2. The Bertz CT molecular complexity index is 448. The van der Waals surface area contributed by atoms with E-state index in [0.29, 0.717) is 0 Å². The predicted octanol–water partition coefficient (Wildman–Crippen LogP) is 1.56. The fourth-order valence-electron chi connectivity index (χ4n) is 1.25. The first-order valence-electron chi connectivity index (χ1n) is 4.95. The molecule has 0 fully saturated rings. The minimum absolute atomic E-state index is 0.151. The van der Waals surface area contributed by atoms with Crippen molar-refractivity contribution in [1.82, 2.24) is 5.32 Å². The molecule has 0 bridgehead atoms. The zero-order chi connectivity index (χ0) is 13.0. The second kappa shape index (κ2) is 5.38. The number of nitrogens with one attached hydrogen (secondary N) is 1. The summed E-state index contributed by atoms with van der Waals surface area (Å²) in [6.45, 7) is 1.56. The summed E-state index contributed by atoms with van der Waals surface area (Å²) < 4.78 is 26.1. The van der Waals surface area contributed by atoms with Crippen molar-refractivity contribution in [2.45, 2.75) is 19.4 Å². The molecule has 1 rings (SSSR count). The number of hydrogen-bond acceptors (Lipinski definition) is 2. The Balaban J connectivity index is 2.90. The van der Waals surface area contributed by atoms with Crippen LogP contribution in [0.4, 0.5) is 8.78 Å². The van der Waals surface area contributed by atoms with E-state index in [4.69, 9.17) is 5.11 Å². The number of carboxylic acid groups (broad SMARTS) is 1. The Morgan fingerprint density at radius 1 is 1.41 bits per heavy atom. The molecule has 4 nitrogen and oxygen atoms in total. The SMILES string of the molecule is CCC(NC(=O)c1cccc(F)c1F)C(=O)O. The van der Waals surface area contributed by atoms with Crippen molar-refractivity contribution in [1.29, 1.82) is 0 Å². The lowest BCUT2D eigenvalue weighted by atomic mass is 10.1. The van der Waals surface area contributed by atoms with Crippen LogP contribution in [0.1, 0.15) is 23.7 Å². The molecule has 0 aliphatic carbocycles. The topological polar surface area (TPSA) is 66.4 Å². The van der Waals surface area contributed by atoms with E-state index in [-0.39, 0.29) is 6.42 Å². The summed E-state index contributed by atoms with van der Waals surface area (Å²) in [7, 11) is 0. The van der Waals surface area contributed by atoms with Crippen LogP contribution in [0, 0.1) is 11.6 Å². The van der Waals surface area contributed by atoms with Crippen molar-refractivity contribution in [2.24, 2.45) is 0 Å². The van der Waals surface area contributed by atoms with Crippen molar-refractivity contribution < 1.29 is 23.5 Å². The molecule has 0 radical (unpaired) electrons. The molecule has 1 amide bonds. The normalized spacial score (nSPS) is 11.9. The third kappa shape index (κ3) is 2.99. The van der Waals surface area contributed by atoms with Gasteiger partial charge in [-0.1, -0.05) is 13.0 Å². The third-order valence-corrected chi connectivity index (χ3v) is 2.21. The van der Waals surface area contributed by atoms with Crippen molar-refractivity contribution >= 4 is 11.9 Å². The van der Waals surface area contributed by atoms with Crippen LogP contribution in [0.2, 0.25) is 0 Å². The fourth-order valence-corrected chi connectivity index (χ4v) is 1.25. The molecule has 1 atom stereocenters. The van der Waals surface area contributed by atoms with Crippen molar-refractivity contribution in [3.05, 3.63) is 35.4 Å². The van der Waals surface area contributed by atoms with Gasteiger partial charge in [-0.25, -0.2) is 13.6 Å². The molecule has 6 heteroatoms. The highest BCUT2D eigenvalue weighted by Gasteiger charge is 2.21. The molecular weight excluding hydrogens is 232 g/mol. The molecule has 0 heterocycles. The van der Waals surface area contributed by atoms with Gasteiger partial charge in [0.2, 0.25) is 0 Å². The van der Waals surface area contributed by atoms with E-state index in [1.54, 1.807) is 6.92 Å². The monoisotopic (exact) mass is 243 g/mol. The number of benzene rings is 1. The van der Waals surface area contributed by atoms with Gasteiger partial charge in [-0.05, 0) is 18.6 Å². The van der Waals surface area contributed by atoms with E-state index in [1.165, 1.54) is 6.07 Å². The zero-order valence-corrected chi connectivity index (χ0v) is 9.04. The van der Waals surface area contributed by atoms with Gasteiger partial charge in [-0.15, -0.1) is 0 Å². The van der Waals surface area contributed by atoms with E-state index in [1.807, 2.05) is 0 Å². The number of carboxylic acids is 1. The van der Waals surface area contributed by atoms with Gasteiger partial charge in [-0.2, -0.15) is 0 Å². The van der Waals surface area contributed by atoms with Crippen LogP contribution in [-0.4, -0.2) is 23.0 Å². The third-order valence-electron chi connectivity index (χ3n) is 2.21. The Morgan fingerprint density at radius 2 is 2.06 bits per heavy atom. The van der Waals surface area contributed by atoms with Gasteiger partial charge < -0.3 is 10.4 Å². The summed E-state index contributed by atoms with van der Waals surface area (Å²) in [6, 6.07) is 2.02. The summed E-state index contributed by atoms with van der Waals surface area (Å²) in [5.41, 5.74) is -0.510. The molecule has 0 saturated carbocycles. The van der Waals surface area contributed by atoms with Crippen LogP contribution in [-0.2, 0) is 4.79 Å². The smallest absolute Gasteiger partial charge is 0.326 e. The number of halogens is 2. The molecular formula is C11H11F2NO3. The Hall–Kier alpha value is -1.98. The average Bonchev–Trinajstić information content (AvgIpc) is 2.28. The minimum atomic E-state index is -1.29. The predicted molar refractivity (Wildman–Crippen MR) is 55.5 cm³/mol. The van der Waals surface area contributed by atoms with Gasteiger partial charge in [0, 0.05) is 0 Å². The standard InChI is InChI=1S/C11H11F2NO3/c1-2-8(11(16)17)14-10(15)6-4-3-5-7(12)9(6)13/h3-5,8H,2H2,1H3,(H,14,15)(H,16,17). The molecule has 0 aromatic heterocycles. The van der Waals surface area contributed by atoms with Gasteiger partial charge >= 0.3 is 5.97 Å². The van der Waals surface area contributed by atoms with Gasteiger partial charge in [0.1, 0.15) is 6.04 Å². The van der Waals surface area contributed by atoms with Crippen LogP contribution in [0.3, 0.4) is 0 Å². The molecule has 0 aliphatic heterocycles. The van der Waals surface area contributed by atoms with E-state index in [0.717, 1.165) is 12.1 Å². The van der Waals surface area contributed by atoms with Crippen LogP contribution < -0.4 is 5.32 Å². The van der Waals surface area contributed by atoms with Gasteiger partial charge in [0.15, 0.2) is 11.6 Å². The molecule has 1 aromatic rings. The van der Waals surface area contributed by atoms with Gasteiger partial charge in [-0.3, -0.25) is 4.79 Å². The maximum atomic E-state index is 13.2. The lowest BCUT2D eigenvalue weighted by Gasteiger charge is -2.12. The molecule has 1 unspecified atom stereocenters. The molecule has 0 aliphatic rings. The lowest BCUT2D eigenvalue weighted by molar-refractivity contribution is -0.139. The summed E-state index contributed by atoms with van der Waals surface area (Å²) in [6.07, 6.45) is 0.151. The second-order valence-corrected chi connectivity index (χ2v) is 3.37. The molecule has 1 aromatic carbocycles. The highest BCUT2D eigenvalue weighted by Crippen LogP contribution is 2.11. The molecule has 0 spiro atoms. The van der Waals surface area contributed by atoms with Crippen LogP contribution in [0.15, 0.2) is 18.2 Å². The summed E-state index contributed by atoms with van der Waals surface area (Å²) in [4.78, 5) is 22.2. The highest BCUT2D eigenvalue weighted by atomic mass is 19.2. The first kappa shape index (κ1) is 13.1. The van der Waals surface area contributed by atoms with Gasteiger partial charge in [0.25, 0.3) is 5.91 Å². The van der Waals surface area contributed by atoms with Crippen LogP contribution in [0.5, 0.6) is 0 Å². The van der Waals surface area contributed by atoms with Crippen molar-refractivity contribution in [3.63, 3.8) is 0 Å².